The van der Waals surface area contributed by atoms with Gasteiger partial charge in [0.25, 0.3) is 5.91 Å². The lowest BCUT2D eigenvalue weighted by Gasteiger charge is -2.34. The summed E-state index contributed by atoms with van der Waals surface area (Å²) < 4.78 is 0. The van der Waals surface area contributed by atoms with E-state index < -0.39 is 6.04 Å². The van der Waals surface area contributed by atoms with E-state index in [4.69, 9.17) is 5.73 Å². The Labute approximate surface area is 135 Å². The van der Waals surface area contributed by atoms with Gasteiger partial charge in [-0.25, -0.2) is 0 Å². The van der Waals surface area contributed by atoms with Gasteiger partial charge in [-0.15, -0.1) is 0 Å². The molecule has 1 aromatic heterocycles. The van der Waals surface area contributed by atoms with Crippen LogP contribution < -0.4 is 11.1 Å². The van der Waals surface area contributed by atoms with Crippen molar-refractivity contribution in [1.82, 2.24) is 10.2 Å². The van der Waals surface area contributed by atoms with E-state index in [9.17, 15) is 9.59 Å². The SMILES string of the molecule is CCC(C)C(N)C(=O)N1CCC(NC(=O)c2ccsc2)CC1. The molecule has 0 spiro atoms. The first-order valence-corrected chi connectivity index (χ1v) is 8.84. The molecule has 0 bridgehead atoms. The Morgan fingerprint density at radius 2 is 2.14 bits per heavy atom. The van der Waals surface area contributed by atoms with Crippen LogP contribution in [0.5, 0.6) is 0 Å². The van der Waals surface area contributed by atoms with E-state index in [1.54, 1.807) is 0 Å². The Morgan fingerprint density at radius 1 is 1.45 bits per heavy atom. The van der Waals surface area contributed by atoms with E-state index in [0.717, 1.165) is 19.3 Å². The van der Waals surface area contributed by atoms with E-state index >= 15 is 0 Å². The minimum atomic E-state index is -0.415. The van der Waals surface area contributed by atoms with Crippen LogP contribution in [0.15, 0.2) is 16.8 Å². The third-order valence-electron chi connectivity index (χ3n) is 4.47. The van der Waals surface area contributed by atoms with Crippen molar-refractivity contribution >= 4 is 23.2 Å². The lowest BCUT2D eigenvalue weighted by molar-refractivity contribution is -0.134. The highest BCUT2D eigenvalue weighted by Crippen LogP contribution is 2.15. The first kappa shape index (κ1) is 17.0. The quantitative estimate of drug-likeness (QED) is 0.868. The van der Waals surface area contributed by atoms with Crippen LogP contribution in [0.25, 0.3) is 0 Å². The minimum Gasteiger partial charge on any atom is -0.349 e. The van der Waals surface area contributed by atoms with Crippen molar-refractivity contribution in [2.24, 2.45) is 11.7 Å². The smallest absolute Gasteiger partial charge is 0.252 e. The minimum absolute atomic E-state index is 0.0256. The number of carbonyl (C=O) groups is 2. The molecule has 2 amide bonds. The highest BCUT2D eigenvalue weighted by molar-refractivity contribution is 7.08. The molecular formula is C16H25N3O2S. The molecule has 1 fully saturated rings. The van der Waals surface area contributed by atoms with Crippen LogP contribution in [0, 0.1) is 5.92 Å². The van der Waals surface area contributed by atoms with Crippen molar-refractivity contribution in [1.29, 1.82) is 0 Å². The first-order chi connectivity index (χ1) is 10.5. The molecule has 6 heteroatoms. The fourth-order valence-corrected chi connectivity index (χ4v) is 3.25. The second-order valence-corrected chi connectivity index (χ2v) is 6.78. The van der Waals surface area contributed by atoms with Crippen LogP contribution in [-0.4, -0.2) is 41.9 Å². The highest BCUT2D eigenvalue weighted by atomic mass is 32.1. The number of nitrogens with zero attached hydrogens (tertiary/aromatic N) is 1. The Hall–Kier alpha value is -1.40. The van der Waals surface area contributed by atoms with Gasteiger partial charge in [0.15, 0.2) is 0 Å². The van der Waals surface area contributed by atoms with Gasteiger partial charge in [0.2, 0.25) is 5.91 Å². The molecule has 0 saturated carbocycles. The number of nitrogens with one attached hydrogen (secondary N) is 1. The topological polar surface area (TPSA) is 75.4 Å². The summed E-state index contributed by atoms with van der Waals surface area (Å²) in [6.45, 7) is 5.38. The number of amides is 2. The molecule has 3 N–H and O–H groups in total. The summed E-state index contributed by atoms with van der Waals surface area (Å²) in [5, 5.41) is 6.78. The van der Waals surface area contributed by atoms with Crippen molar-refractivity contribution < 1.29 is 9.59 Å². The fourth-order valence-electron chi connectivity index (χ4n) is 2.61. The summed E-state index contributed by atoms with van der Waals surface area (Å²) >= 11 is 1.51. The average Bonchev–Trinajstić information content (AvgIpc) is 3.08. The predicted octanol–water partition coefficient (Wildman–Crippen LogP) is 1.84. The van der Waals surface area contributed by atoms with Crippen molar-refractivity contribution in [3.05, 3.63) is 22.4 Å². The van der Waals surface area contributed by atoms with Crippen LogP contribution >= 0.6 is 11.3 Å². The Kier molecular flexibility index (Phi) is 5.97. The van der Waals surface area contributed by atoms with Crippen LogP contribution in [0.4, 0.5) is 0 Å². The third-order valence-corrected chi connectivity index (χ3v) is 5.15. The number of piperidine rings is 1. The lowest BCUT2D eigenvalue weighted by atomic mass is 9.97. The highest BCUT2D eigenvalue weighted by Gasteiger charge is 2.29. The summed E-state index contributed by atoms with van der Waals surface area (Å²) in [6, 6.07) is 1.54. The number of rotatable bonds is 5. The van der Waals surface area contributed by atoms with Crippen LogP contribution in [-0.2, 0) is 4.79 Å². The Morgan fingerprint density at radius 3 is 2.68 bits per heavy atom. The van der Waals surface area contributed by atoms with Crippen LogP contribution in [0.2, 0.25) is 0 Å². The van der Waals surface area contributed by atoms with Crippen LogP contribution in [0.1, 0.15) is 43.5 Å². The van der Waals surface area contributed by atoms with E-state index in [-0.39, 0.29) is 23.8 Å². The number of hydrogen-bond donors (Lipinski definition) is 2. The summed E-state index contributed by atoms with van der Waals surface area (Å²) in [5.74, 6) is 0.211. The van der Waals surface area contributed by atoms with Gasteiger partial charge < -0.3 is 16.0 Å². The molecule has 1 aliphatic heterocycles. The van der Waals surface area contributed by atoms with Crippen molar-refractivity contribution in [2.75, 3.05) is 13.1 Å². The summed E-state index contributed by atoms with van der Waals surface area (Å²) in [7, 11) is 0. The Balaban J connectivity index is 1.80. The number of likely N-dealkylation sites (tertiary alicyclic amines) is 1. The summed E-state index contributed by atoms with van der Waals surface area (Å²) in [5.41, 5.74) is 6.73. The molecule has 2 rings (SSSR count). The zero-order valence-corrected chi connectivity index (χ0v) is 14.1. The van der Waals surface area contributed by atoms with Gasteiger partial charge in [0.05, 0.1) is 6.04 Å². The molecule has 22 heavy (non-hydrogen) atoms. The van der Waals surface area contributed by atoms with Gasteiger partial charge in [0.1, 0.15) is 0 Å². The van der Waals surface area contributed by atoms with Crippen molar-refractivity contribution in [3.8, 4) is 0 Å². The summed E-state index contributed by atoms with van der Waals surface area (Å²) in [6.07, 6.45) is 2.48. The molecule has 0 radical (unpaired) electrons. The largest absolute Gasteiger partial charge is 0.349 e. The van der Waals surface area contributed by atoms with Gasteiger partial charge in [0, 0.05) is 30.1 Å². The molecule has 1 aromatic rings. The molecule has 2 heterocycles. The maximum Gasteiger partial charge on any atom is 0.252 e. The fraction of sp³-hybridized carbons (Fsp3) is 0.625. The second-order valence-electron chi connectivity index (χ2n) is 6.00. The summed E-state index contributed by atoms with van der Waals surface area (Å²) in [4.78, 5) is 26.2. The molecule has 5 nitrogen and oxygen atoms in total. The maximum absolute atomic E-state index is 12.3. The molecule has 2 atom stereocenters. The van der Waals surface area contributed by atoms with Crippen molar-refractivity contribution in [2.45, 2.75) is 45.2 Å². The second kappa shape index (κ2) is 7.74. The van der Waals surface area contributed by atoms with E-state index in [2.05, 4.69) is 5.32 Å². The number of thiophene rings is 1. The molecular weight excluding hydrogens is 298 g/mol. The van der Waals surface area contributed by atoms with Gasteiger partial charge >= 0.3 is 0 Å². The van der Waals surface area contributed by atoms with Gasteiger partial charge in [-0.3, -0.25) is 9.59 Å². The van der Waals surface area contributed by atoms with Crippen molar-refractivity contribution in [3.63, 3.8) is 0 Å². The third kappa shape index (κ3) is 4.08. The molecule has 0 aromatic carbocycles. The van der Waals surface area contributed by atoms with Gasteiger partial charge in [-0.1, -0.05) is 20.3 Å². The predicted molar refractivity (Wildman–Crippen MR) is 88.8 cm³/mol. The Bertz CT molecular complexity index is 495. The van der Waals surface area contributed by atoms with E-state index in [1.807, 2.05) is 35.6 Å². The zero-order chi connectivity index (χ0) is 16.1. The number of carbonyl (C=O) groups excluding carboxylic acids is 2. The van der Waals surface area contributed by atoms with Crippen LogP contribution in [0.3, 0.4) is 0 Å². The molecule has 122 valence electrons. The maximum atomic E-state index is 12.3. The van der Waals surface area contributed by atoms with E-state index in [0.29, 0.717) is 18.7 Å². The molecule has 1 aliphatic rings. The van der Waals surface area contributed by atoms with Gasteiger partial charge in [-0.2, -0.15) is 11.3 Å². The molecule has 2 unspecified atom stereocenters. The molecule has 0 aliphatic carbocycles. The molecule has 1 saturated heterocycles. The standard InChI is InChI=1S/C16H25N3O2S/c1-3-11(2)14(17)16(21)19-7-4-13(5-8-19)18-15(20)12-6-9-22-10-12/h6,9-11,13-14H,3-5,7-8,17H2,1-2H3,(H,18,20). The van der Waals surface area contributed by atoms with Gasteiger partial charge in [-0.05, 0) is 30.2 Å². The lowest BCUT2D eigenvalue weighted by Crippen LogP contribution is -2.52. The van der Waals surface area contributed by atoms with E-state index in [1.165, 1.54) is 11.3 Å². The monoisotopic (exact) mass is 323 g/mol. The zero-order valence-electron chi connectivity index (χ0n) is 13.2. The number of hydrogen-bond acceptors (Lipinski definition) is 4. The number of nitrogens with two attached hydrogens (primary N) is 1. The average molecular weight is 323 g/mol. The normalized spacial score (nSPS) is 18.8. The first-order valence-electron chi connectivity index (χ1n) is 7.90.